The Morgan fingerprint density at radius 1 is 1.09 bits per heavy atom. The van der Waals surface area contributed by atoms with Crippen LogP contribution in [-0.4, -0.2) is 60.7 Å². The fourth-order valence-electron chi connectivity index (χ4n) is 3.50. The summed E-state index contributed by atoms with van der Waals surface area (Å²) in [5, 5.41) is 15.4. The smallest absolute Gasteiger partial charge is 0.354 e. The number of fused-ring (bicyclic) bond motifs is 1. The second kappa shape index (κ2) is 11.1. The molecule has 0 aromatic heterocycles. The summed E-state index contributed by atoms with van der Waals surface area (Å²) in [4.78, 5) is 49.3. The van der Waals surface area contributed by atoms with Crippen LogP contribution in [0, 0.1) is 10.1 Å². The van der Waals surface area contributed by atoms with Crippen molar-refractivity contribution in [2.45, 2.75) is 19.8 Å². The van der Waals surface area contributed by atoms with Crippen molar-refractivity contribution in [1.82, 2.24) is 4.90 Å². The Kier molecular flexibility index (Phi) is 7.97. The fourth-order valence-corrected chi connectivity index (χ4v) is 3.50. The van der Waals surface area contributed by atoms with Crippen LogP contribution in [0.15, 0.2) is 41.5 Å². The van der Waals surface area contributed by atoms with Crippen molar-refractivity contribution in [3.8, 4) is 11.5 Å². The van der Waals surface area contributed by atoms with Gasteiger partial charge in [0.1, 0.15) is 11.4 Å². The van der Waals surface area contributed by atoms with E-state index in [-0.39, 0.29) is 66.4 Å². The molecular formula is C23H24N4O8. The van der Waals surface area contributed by atoms with Crippen molar-refractivity contribution in [3.05, 3.63) is 57.6 Å². The normalized spacial score (nSPS) is 12.9. The molecule has 1 heterocycles. The zero-order valence-corrected chi connectivity index (χ0v) is 19.4. The van der Waals surface area contributed by atoms with Gasteiger partial charge >= 0.3 is 11.7 Å². The molecule has 0 spiro atoms. The van der Waals surface area contributed by atoms with Crippen molar-refractivity contribution in [3.63, 3.8) is 0 Å². The van der Waals surface area contributed by atoms with Crippen LogP contribution in [0.2, 0.25) is 0 Å². The summed E-state index contributed by atoms with van der Waals surface area (Å²) in [6.07, 6.45) is 0.344. The Hall–Kier alpha value is -4.48. The van der Waals surface area contributed by atoms with Crippen molar-refractivity contribution in [2.75, 3.05) is 32.8 Å². The zero-order chi connectivity index (χ0) is 25.5. The summed E-state index contributed by atoms with van der Waals surface area (Å²) < 4.78 is 15.3. The highest BCUT2D eigenvalue weighted by Gasteiger charge is 2.34. The van der Waals surface area contributed by atoms with E-state index in [1.54, 1.807) is 31.2 Å². The number of hydrogen-bond donors (Lipinski definition) is 1. The number of carbonyl (C=O) groups excluding carboxylic acids is 3. The minimum Gasteiger partial charge on any atom is -0.494 e. The van der Waals surface area contributed by atoms with E-state index in [1.165, 1.54) is 26.4 Å². The monoisotopic (exact) mass is 484 g/mol. The molecule has 0 fully saturated rings. The number of benzene rings is 2. The summed E-state index contributed by atoms with van der Waals surface area (Å²) in [7, 11) is 2.61. The molecule has 1 aliphatic rings. The molecule has 0 bridgehead atoms. The molecule has 1 aliphatic heterocycles. The number of esters is 1. The molecule has 184 valence electrons. The first-order valence-corrected chi connectivity index (χ1v) is 10.7. The van der Waals surface area contributed by atoms with Crippen LogP contribution in [0.1, 0.15) is 40.5 Å². The molecule has 0 saturated carbocycles. The lowest BCUT2D eigenvalue weighted by Gasteiger charge is -2.14. The predicted octanol–water partition coefficient (Wildman–Crippen LogP) is 3.02. The quantitative estimate of drug-likeness (QED) is 0.167. The Bertz CT molecular complexity index is 1160. The molecule has 0 atom stereocenters. The van der Waals surface area contributed by atoms with Crippen LogP contribution in [0.4, 0.5) is 11.4 Å². The number of nitro benzene ring substituents is 1. The first-order chi connectivity index (χ1) is 16.8. The molecular weight excluding hydrogens is 460 g/mol. The maximum absolute atomic E-state index is 12.5. The largest absolute Gasteiger partial charge is 0.494 e. The topological polar surface area (TPSA) is 150 Å². The highest BCUT2D eigenvalue weighted by molar-refractivity contribution is 6.36. The molecule has 1 N–H and O–H groups in total. The standard InChI is InChI=1S/C23H24N4O8/c1-4-35-23(30)16(10-7-11-26-21(28)14-8-5-6-9-15(14)22(26)29)24-25-17-12-20(34-3)18(27(31)32)13-19(17)33-2/h5-6,8-9,12-13,25H,4,7,10-11H2,1-3H3/b24-16+. The first-order valence-electron chi connectivity index (χ1n) is 10.7. The molecule has 3 rings (SSSR count). The number of imide groups is 1. The van der Waals surface area contributed by atoms with E-state index in [1.807, 2.05) is 0 Å². The Morgan fingerprint density at radius 3 is 2.26 bits per heavy atom. The minimum absolute atomic E-state index is 0.00262. The van der Waals surface area contributed by atoms with Gasteiger partial charge in [-0.2, -0.15) is 5.10 Å². The van der Waals surface area contributed by atoms with E-state index < -0.39 is 10.9 Å². The van der Waals surface area contributed by atoms with Crippen LogP contribution in [0.3, 0.4) is 0 Å². The third kappa shape index (κ3) is 5.37. The summed E-state index contributed by atoms with van der Waals surface area (Å²) in [6.45, 7) is 1.84. The number of methoxy groups -OCH3 is 2. The van der Waals surface area contributed by atoms with Crippen LogP contribution in [0.25, 0.3) is 0 Å². The van der Waals surface area contributed by atoms with E-state index in [0.717, 1.165) is 4.90 Å². The van der Waals surface area contributed by atoms with Gasteiger partial charge in [-0.1, -0.05) is 12.1 Å². The Morgan fingerprint density at radius 2 is 1.71 bits per heavy atom. The van der Waals surface area contributed by atoms with Gasteiger partial charge in [-0.15, -0.1) is 0 Å². The van der Waals surface area contributed by atoms with E-state index in [4.69, 9.17) is 14.2 Å². The van der Waals surface area contributed by atoms with Crippen molar-refractivity contribution in [2.24, 2.45) is 5.10 Å². The van der Waals surface area contributed by atoms with Crippen LogP contribution >= 0.6 is 0 Å². The minimum atomic E-state index is -0.685. The lowest BCUT2D eigenvalue weighted by molar-refractivity contribution is -0.385. The summed E-state index contributed by atoms with van der Waals surface area (Å²) >= 11 is 0. The summed E-state index contributed by atoms with van der Waals surface area (Å²) in [5.74, 6) is -1.38. The second-order valence-electron chi connectivity index (χ2n) is 7.28. The lowest BCUT2D eigenvalue weighted by Crippen LogP contribution is -2.31. The number of anilines is 1. The lowest BCUT2D eigenvalue weighted by atomic mass is 10.1. The highest BCUT2D eigenvalue weighted by Crippen LogP contribution is 2.37. The van der Waals surface area contributed by atoms with Gasteiger partial charge in [-0.05, 0) is 25.5 Å². The van der Waals surface area contributed by atoms with Crippen molar-refractivity contribution in [1.29, 1.82) is 0 Å². The van der Waals surface area contributed by atoms with Gasteiger partial charge < -0.3 is 14.2 Å². The average molecular weight is 484 g/mol. The van der Waals surface area contributed by atoms with E-state index in [0.29, 0.717) is 11.1 Å². The van der Waals surface area contributed by atoms with Crippen molar-refractivity contribution >= 4 is 34.9 Å². The SMILES string of the molecule is CCOC(=O)/C(CCCN1C(=O)c2ccccc2C1=O)=N/Nc1cc(OC)c([N+](=O)[O-])cc1OC. The number of nitro groups is 1. The van der Waals surface area contributed by atoms with Gasteiger partial charge in [-0.25, -0.2) is 4.79 Å². The number of hydrazone groups is 1. The van der Waals surface area contributed by atoms with Gasteiger partial charge in [0.2, 0.25) is 0 Å². The van der Waals surface area contributed by atoms with Crippen LogP contribution in [-0.2, 0) is 9.53 Å². The molecule has 2 aromatic carbocycles. The van der Waals surface area contributed by atoms with Crippen LogP contribution in [0.5, 0.6) is 11.5 Å². The van der Waals surface area contributed by atoms with Crippen LogP contribution < -0.4 is 14.9 Å². The maximum atomic E-state index is 12.5. The Labute approximate surface area is 200 Å². The van der Waals surface area contributed by atoms with Gasteiger partial charge in [0.05, 0.1) is 42.9 Å². The average Bonchev–Trinajstić information content (AvgIpc) is 3.10. The number of carbonyl (C=O) groups is 3. The van der Waals surface area contributed by atoms with Gasteiger partial charge in [-0.3, -0.25) is 30.0 Å². The molecule has 0 aliphatic carbocycles. The summed E-state index contributed by atoms with van der Waals surface area (Å²) in [6, 6.07) is 9.05. The zero-order valence-electron chi connectivity index (χ0n) is 19.4. The van der Waals surface area contributed by atoms with Gasteiger partial charge in [0, 0.05) is 19.0 Å². The number of hydrogen-bond acceptors (Lipinski definition) is 10. The van der Waals surface area contributed by atoms with Gasteiger partial charge in [0.15, 0.2) is 11.5 Å². The molecule has 12 heteroatoms. The number of ether oxygens (including phenoxy) is 3. The third-order valence-electron chi connectivity index (χ3n) is 5.19. The predicted molar refractivity (Wildman–Crippen MR) is 125 cm³/mol. The molecule has 12 nitrogen and oxygen atoms in total. The molecule has 2 amide bonds. The second-order valence-corrected chi connectivity index (χ2v) is 7.28. The molecule has 0 radical (unpaired) electrons. The highest BCUT2D eigenvalue weighted by atomic mass is 16.6. The molecule has 0 unspecified atom stereocenters. The fraction of sp³-hybridized carbons (Fsp3) is 0.304. The number of amides is 2. The molecule has 2 aromatic rings. The van der Waals surface area contributed by atoms with Gasteiger partial charge in [0.25, 0.3) is 11.8 Å². The van der Waals surface area contributed by atoms with E-state index >= 15 is 0 Å². The number of rotatable bonds is 11. The molecule has 0 saturated heterocycles. The van der Waals surface area contributed by atoms with E-state index in [2.05, 4.69) is 10.5 Å². The third-order valence-corrected chi connectivity index (χ3v) is 5.19. The number of nitrogens with one attached hydrogen (secondary N) is 1. The van der Waals surface area contributed by atoms with Crippen molar-refractivity contribution < 1.29 is 33.5 Å². The Balaban J connectivity index is 1.76. The number of nitrogens with zero attached hydrogens (tertiary/aromatic N) is 3. The maximum Gasteiger partial charge on any atom is 0.354 e. The molecule has 35 heavy (non-hydrogen) atoms. The first kappa shape index (κ1) is 25.1. The van der Waals surface area contributed by atoms with E-state index in [9.17, 15) is 24.5 Å². The summed E-state index contributed by atoms with van der Waals surface area (Å²) in [5.41, 5.74) is 3.28.